The van der Waals surface area contributed by atoms with Crippen LogP contribution >= 0.6 is 0 Å². The van der Waals surface area contributed by atoms with Crippen LogP contribution < -0.4 is 4.74 Å². The van der Waals surface area contributed by atoms with E-state index in [-0.39, 0.29) is 0 Å². The van der Waals surface area contributed by atoms with Gasteiger partial charge in [-0.1, -0.05) is 24.3 Å². The number of rotatable bonds is 5. The molecular weight excluding hydrogens is 376 g/mol. The monoisotopic (exact) mass is 404 g/mol. The molecule has 0 unspecified atom stereocenters. The average Bonchev–Trinajstić information content (AvgIpc) is 3.57. The van der Waals surface area contributed by atoms with Gasteiger partial charge in [-0.05, 0) is 49.1 Å². The third-order valence-corrected chi connectivity index (χ3v) is 6.19. The zero-order valence-corrected chi connectivity index (χ0v) is 17.5. The highest BCUT2D eigenvalue weighted by Crippen LogP contribution is 2.33. The number of benzene rings is 2. The lowest BCUT2D eigenvalue weighted by Crippen LogP contribution is -2.35. The molecule has 5 rings (SSSR count). The summed E-state index contributed by atoms with van der Waals surface area (Å²) in [6.07, 6.45) is 3.18. The van der Waals surface area contributed by atoms with Crippen LogP contribution in [0.5, 0.6) is 5.75 Å². The lowest BCUT2D eigenvalue weighted by Gasteiger charge is -2.21. The van der Waals surface area contributed by atoms with Crippen LogP contribution in [0, 0.1) is 5.92 Å². The Morgan fingerprint density at radius 2 is 1.93 bits per heavy atom. The Morgan fingerprint density at radius 1 is 1.07 bits per heavy atom. The van der Waals surface area contributed by atoms with Crippen LogP contribution in [-0.4, -0.2) is 49.0 Å². The normalized spacial score (nSPS) is 17.8. The molecule has 3 aromatic rings. The van der Waals surface area contributed by atoms with Crippen molar-refractivity contribution in [2.45, 2.75) is 25.8 Å². The van der Waals surface area contributed by atoms with Gasteiger partial charge in [-0.15, -0.1) is 0 Å². The quantitative estimate of drug-likeness (QED) is 0.626. The third-order valence-electron chi connectivity index (χ3n) is 6.19. The number of hydrogen-bond donors (Lipinski definition) is 0. The molecule has 1 saturated carbocycles. The van der Waals surface area contributed by atoms with E-state index in [0.717, 1.165) is 85.6 Å². The number of carbonyl (C=O) groups excluding carboxylic acids is 1. The van der Waals surface area contributed by atoms with Gasteiger partial charge in [0, 0.05) is 43.0 Å². The maximum atomic E-state index is 12.4. The molecule has 0 atom stereocenters. The van der Waals surface area contributed by atoms with Crippen LogP contribution in [0.2, 0.25) is 0 Å². The number of hydrogen-bond acceptors (Lipinski definition) is 4. The van der Waals surface area contributed by atoms with E-state index in [1.165, 1.54) is 0 Å². The van der Waals surface area contributed by atoms with Crippen LogP contribution in [-0.2, 0) is 11.3 Å². The zero-order valence-electron chi connectivity index (χ0n) is 17.5. The van der Waals surface area contributed by atoms with Gasteiger partial charge >= 0.3 is 0 Å². The van der Waals surface area contributed by atoms with Crippen molar-refractivity contribution in [3.8, 4) is 16.9 Å². The van der Waals surface area contributed by atoms with Crippen molar-refractivity contribution in [3.63, 3.8) is 0 Å². The van der Waals surface area contributed by atoms with Crippen molar-refractivity contribution in [2.75, 3.05) is 33.3 Å². The molecule has 1 saturated heterocycles. The molecule has 0 radical (unpaired) electrons. The number of fused-ring (bicyclic) bond motifs is 1. The molecule has 30 heavy (non-hydrogen) atoms. The highest BCUT2D eigenvalue weighted by molar-refractivity contribution is 5.85. The standard InChI is InChI=1S/C25H28N2O3/c1-29-24-6-3-2-5-22(24)19-9-10-23-20(15-19)16-21(30-23)17-26-11-4-12-27(14-13-26)25(28)18-7-8-18/h2-3,5-6,9-10,15-16,18H,4,7-8,11-14,17H2,1H3. The minimum atomic E-state index is 0.310. The van der Waals surface area contributed by atoms with Crippen molar-refractivity contribution >= 4 is 16.9 Å². The predicted molar refractivity (Wildman–Crippen MR) is 117 cm³/mol. The van der Waals surface area contributed by atoms with E-state index < -0.39 is 0 Å². The van der Waals surface area contributed by atoms with Crippen molar-refractivity contribution in [2.24, 2.45) is 5.92 Å². The summed E-state index contributed by atoms with van der Waals surface area (Å²) in [5, 5.41) is 1.11. The molecule has 1 aromatic heterocycles. The summed E-state index contributed by atoms with van der Waals surface area (Å²) in [6.45, 7) is 4.39. The van der Waals surface area contributed by atoms with E-state index in [9.17, 15) is 4.79 Å². The zero-order chi connectivity index (χ0) is 20.5. The Balaban J connectivity index is 1.30. The lowest BCUT2D eigenvalue weighted by molar-refractivity contribution is -0.132. The molecule has 0 spiro atoms. The molecule has 0 N–H and O–H groups in total. The van der Waals surface area contributed by atoms with Crippen molar-refractivity contribution in [1.29, 1.82) is 0 Å². The molecule has 1 amide bonds. The first-order valence-corrected chi connectivity index (χ1v) is 10.9. The van der Waals surface area contributed by atoms with Gasteiger partial charge in [0.25, 0.3) is 0 Å². The average molecular weight is 405 g/mol. The van der Waals surface area contributed by atoms with Gasteiger partial charge < -0.3 is 14.1 Å². The van der Waals surface area contributed by atoms with Gasteiger partial charge in [0.1, 0.15) is 17.1 Å². The summed E-state index contributed by atoms with van der Waals surface area (Å²) < 4.78 is 11.6. The van der Waals surface area contributed by atoms with Crippen molar-refractivity contribution in [1.82, 2.24) is 9.80 Å². The first-order valence-electron chi connectivity index (χ1n) is 10.9. The first-order chi connectivity index (χ1) is 14.7. The molecule has 5 nitrogen and oxygen atoms in total. The maximum Gasteiger partial charge on any atom is 0.225 e. The fraction of sp³-hybridized carbons (Fsp3) is 0.400. The number of methoxy groups -OCH3 is 1. The van der Waals surface area contributed by atoms with E-state index in [1.54, 1.807) is 7.11 Å². The first kappa shape index (κ1) is 19.2. The number of carbonyl (C=O) groups is 1. The molecule has 2 fully saturated rings. The van der Waals surface area contributed by atoms with Gasteiger partial charge in [0.05, 0.1) is 13.7 Å². The minimum Gasteiger partial charge on any atom is -0.496 e. The fourth-order valence-corrected chi connectivity index (χ4v) is 4.39. The van der Waals surface area contributed by atoms with Gasteiger partial charge in [-0.2, -0.15) is 0 Å². The summed E-state index contributed by atoms with van der Waals surface area (Å²) in [4.78, 5) is 16.8. The summed E-state index contributed by atoms with van der Waals surface area (Å²) in [7, 11) is 1.70. The van der Waals surface area contributed by atoms with Gasteiger partial charge in [0.2, 0.25) is 5.91 Å². The van der Waals surface area contributed by atoms with E-state index in [4.69, 9.17) is 9.15 Å². The van der Waals surface area contributed by atoms with Crippen LogP contribution in [0.15, 0.2) is 52.9 Å². The molecule has 156 valence electrons. The molecule has 2 heterocycles. The largest absolute Gasteiger partial charge is 0.496 e. The fourth-order valence-electron chi connectivity index (χ4n) is 4.39. The predicted octanol–water partition coefficient (Wildman–Crippen LogP) is 4.55. The second-order valence-electron chi connectivity index (χ2n) is 8.39. The van der Waals surface area contributed by atoms with Crippen LogP contribution in [0.3, 0.4) is 0 Å². The van der Waals surface area contributed by atoms with Crippen molar-refractivity contribution in [3.05, 3.63) is 54.3 Å². The van der Waals surface area contributed by atoms with Crippen LogP contribution in [0.25, 0.3) is 22.1 Å². The molecule has 2 aromatic carbocycles. The Bertz CT molecular complexity index is 1050. The topological polar surface area (TPSA) is 45.9 Å². The second kappa shape index (κ2) is 8.15. The number of amides is 1. The van der Waals surface area contributed by atoms with Crippen LogP contribution in [0.4, 0.5) is 0 Å². The Hall–Kier alpha value is -2.79. The molecule has 0 bridgehead atoms. The molecule has 1 aliphatic carbocycles. The van der Waals surface area contributed by atoms with Gasteiger partial charge in [-0.3, -0.25) is 9.69 Å². The Kier molecular flexibility index (Phi) is 5.21. The summed E-state index contributed by atoms with van der Waals surface area (Å²) in [6, 6.07) is 16.5. The SMILES string of the molecule is COc1ccccc1-c1ccc2oc(CN3CCCN(C(=O)C4CC4)CC3)cc2c1. The van der Waals surface area contributed by atoms with E-state index in [2.05, 4.69) is 34.1 Å². The summed E-state index contributed by atoms with van der Waals surface area (Å²) in [5.74, 6) is 2.52. The highest BCUT2D eigenvalue weighted by atomic mass is 16.5. The molecule has 2 aliphatic rings. The number of nitrogens with zero attached hydrogens (tertiary/aromatic N) is 2. The molecule has 5 heteroatoms. The third kappa shape index (κ3) is 3.94. The maximum absolute atomic E-state index is 12.4. The smallest absolute Gasteiger partial charge is 0.225 e. The number of furan rings is 1. The van der Waals surface area contributed by atoms with E-state index in [1.807, 2.05) is 24.3 Å². The second-order valence-corrected chi connectivity index (χ2v) is 8.39. The van der Waals surface area contributed by atoms with Crippen molar-refractivity contribution < 1.29 is 13.9 Å². The van der Waals surface area contributed by atoms with Crippen LogP contribution in [0.1, 0.15) is 25.0 Å². The summed E-state index contributed by atoms with van der Waals surface area (Å²) >= 11 is 0. The Morgan fingerprint density at radius 3 is 2.77 bits per heavy atom. The van der Waals surface area contributed by atoms with Gasteiger partial charge in [-0.25, -0.2) is 0 Å². The van der Waals surface area contributed by atoms with E-state index in [0.29, 0.717) is 11.8 Å². The number of ether oxygens (including phenoxy) is 1. The molecular formula is C25H28N2O3. The molecule has 1 aliphatic heterocycles. The Labute approximate surface area is 177 Å². The van der Waals surface area contributed by atoms with E-state index >= 15 is 0 Å². The highest BCUT2D eigenvalue weighted by Gasteiger charge is 2.33. The summed E-state index contributed by atoms with van der Waals surface area (Å²) in [5.41, 5.74) is 3.11. The lowest BCUT2D eigenvalue weighted by atomic mass is 10.0. The van der Waals surface area contributed by atoms with Gasteiger partial charge in [0.15, 0.2) is 0 Å². The minimum absolute atomic E-state index is 0.310. The number of para-hydroxylation sites is 1.